The number of hydrogen-bond acceptors (Lipinski definition) is 6. The second kappa shape index (κ2) is 9.34. The van der Waals surface area contributed by atoms with Crippen LogP contribution in [0.5, 0.6) is 5.75 Å². The summed E-state index contributed by atoms with van der Waals surface area (Å²) in [4.78, 5) is 13.9. The molecule has 1 aromatic carbocycles. The van der Waals surface area contributed by atoms with E-state index < -0.39 is 6.10 Å². The summed E-state index contributed by atoms with van der Waals surface area (Å²) in [5, 5.41) is 10.3. The second-order valence-corrected chi connectivity index (χ2v) is 7.95. The Labute approximate surface area is 168 Å². The summed E-state index contributed by atoms with van der Waals surface area (Å²) in [6, 6.07) is 9.97. The third-order valence-electron chi connectivity index (χ3n) is 4.97. The predicted molar refractivity (Wildman–Crippen MR) is 112 cm³/mol. The molecule has 2 aromatic rings. The minimum Gasteiger partial charge on any atom is -0.491 e. The fraction of sp³-hybridized carbons (Fsp3) is 0.545. The van der Waals surface area contributed by atoms with Crippen LogP contribution >= 0.6 is 0 Å². The Bertz CT molecular complexity index is 773. The van der Waals surface area contributed by atoms with Crippen LogP contribution in [0.25, 0.3) is 0 Å². The molecule has 0 amide bonds. The van der Waals surface area contributed by atoms with Crippen molar-refractivity contribution in [1.29, 1.82) is 0 Å². The van der Waals surface area contributed by atoms with Crippen LogP contribution in [0, 0.1) is 13.8 Å². The Morgan fingerprint density at radius 3 is 2.50 bits per heavy atom. The molecule has 6 nitrogen and oxygen atoms in total. The van der Waals surface area contributed by atoms with E-state index in [1.165, 1.54) is 0 Å². The number of aliphatic hydroxyl groups excluding tert-OH is 1. The van der Waals surface area contributed by atoms with Gasteiger partial charge in [0.15, 0.2) is 0 Å². The number of benzene rings is 1. The number of hydrogen-bond donors (Lipinski definition) is 1. The average molecular weight is 385 g/mol. The van der Waals surface area contributed by atoms with Crippen molar-refractivity contribution >= 4 is 5.82 Å². The van der Waals surface area contributed by atoms with Crippen molar-refractivity contribution < 1.29 is 9.84 Å². The van der Waals surface area contributed by atoms with Gasteiger partial charge in [-0.3, -0.25) is 4.90 Å². The summed E-state index contributed by atoms with van der Waals surface area (Å²) >= 11 is 0. The SMILES string of the molecule is Cc1cccc(OCC(O)CN2CCN(c3cc(C)nc(C(C)C)n3)CC2)c1. The van der Waals surface area contributed by atoms with E-state index in [0.717, 1.165) is 54.8 Å². The fourth-order valence-corrected chi connectivity index (χ4v) is 3.40. The minimum atomic E-state index is -0.499. The van der Waals surface area contributed by atoms with Gasteiger partial charge >= 0.3 is 0 Å². The van der Waals surface area contributed by atoms with Gasteiger partial charge in [-0.25, -0.2) is 9.97 Å². The Morgan fingerprint density at radius 1 is 1.07 bits per heavy atom. The van der Waals surface area contributed by atoms with Crippen molar-refractivity contribution in [2.24, 2.45) is 0 Å². The molecule has 1 aliphatic rings. The molecule has 6 heteroatoms. The van der Waals surface area contributed by atoms with Gasteiger partial charge in [0.2, 0.25) is 0 Å². The van der Waals surface area contributed by atoms with Crippen LogP contribution in [0.4, 0.5) is 5.82 Å². The highest BCUT2D eigenvalue weighted by Gasteiger charge is 2.21. The van der Waals surface area contributed by atoms with Crippen LogP contribution in [0.15, 0.2) is 30.3 Å². The van der Waals surface area contributed by atoms with Gasteiger partial charge in [0, 0.05) is 50.4 Å². The molecule has 152 valence electrons. The molecule has 3 rings (SSSR count). The zero-order chi connectivity index (χ0) is 20.1. The largest absolute Gasteiger partial charge is 0.491 e. The lowest BCUT2D eigenvalue weighted by Gasteiger charge is -2.36. The third-order valence-corrected chi connectivity index (χ3v) is 4.97. The van der Waals surface area contributed by atoms with Crippen molar-refractivity contribution in [2.75, 3.05) is 44.2 Å². The molecule has 0 radical (unpaired) electrons. The Balaban J connectivity index is 1.47. The van der Waals surface area contributed by atoms with E-state index in [1.54, 1.807) is 0 Å². The lowest BCUT2D eigenvalue weighted by atomic mass is 10.2. The summed E-state index contributed by atoms with van der Waals surface area (Å²) < 4.78 is 5.73. The second-order valence-electron chi connectivity index (χ2n) is 7.95. The summed E-state index contributed by atoms with van der Waals surface area (Å²) in [5.74, 6) is 3.05. The van der Waals surface area contributed by atoms with E-state index in [9.17, 15) is 5.11 Å². The van der Waals surface area contributed by atoms with E-state index in [2.05, 4.69) is 34.7 Å². The Morgan fingerprint density at radius 2 is 1.82 bits per heavy atom. The van der Waals surface area contributed by atoms with Gasteiger partial charge < -0.3 is 14.7 Å². The van der Waals surface area contributed by atoms with Crippen molar-refractivity contribution in [1.82, 2.24) is 14.9 Å². The molecule has 1 aliphatic heterocycles. The first-order valence-electron chi connectivity index (χ1n) is 10.1. The lowest BCUT2D eigenvalue weighted by Crippen LogP contribution is -2.49. The zero-order valence-electron chi connectivity index (χ0n) is 17.4. The van der Waals surface area contributed by atoms with Crippen LogP contribution in [-0.4, -0.2) is 65.4 Å². The molecule has 0 aliphatic carbocycles. The topological polar surface area (TPSA) is 61.7 Å². The number of piperazine rings is 1. The van der Waals surface area contributed by atoms with E-state index in [-0.39, 0.29) is 0 Å². The lowest BCUT2D eigenvalue weighted by molar-refractivity contribution is 0.0662. The highest BCUT2D eigenvalue weighted by molar-refractivity contribution is 5.40. The normalized spacial score (nSPS) is 16.4. The molecule has 1 N–H and O–H groups in total. The van der Waals surface area contributed by atoms with Gasteiger partial charge in [0.1, 0.15) is 30.1 Å². The predicted octanol–water partition coefficient (Wildman–Crippen LogP) is 2.78. The quantitative estimate of drug-likeness (QED) is 0.792. The number of aryl methyl sites for hydroxylation is 2. The van der Waals surface area contributed by atoms with E-state index in [4.69, 9.17) is 9.72 Å². The molecule has 28 heavy (non-hydrogen) atoms. The molecule has 1 unspecified atom stereocenters. The minimum absolute atomic E-state index is 0.312. The van der Waals surface area contributed by atoms with Crippen molar-refractivity contribution in [3.8, 4) is 5.75 Å². The highest BCUT2D eigenvalue weighted by atomic mass is 16.5. The smallest absolute Gasteiger partial charge is 0.133 e. The van der Waals surface area contributed by atoms with Gasteiger partial charge in [0.05, 0.1) is 0 Å². The van der Waals surface area contributed by atoms with Gasteiger partial charge in [-0.2, -0.15) is 0 Å². The number of β-amino-alcohol motifs (C(OH)–C–C–N with tert-alkyl or cyclic N) is 1. The summed E-state index contributed by atoms with van der Waals surface area (Å²) in [7, 11) is 0. The van der Waals surface area contributed by atoms with Gasteiger partial charge in [0.25, 0.3) is 0 Å². The molecule has 2 heterocycles. The van der Waals surface area contributed by atoms with E-state index >= 15 is 0 Å². The van der Waals surface area contributed by atoms with E-state index in [0.29, 0.717) is 19.1 Å². The summed E-state index contributed by atoms with van der Waals surface area (Å²) in [5.41, 5.74) is 2.17. The third kappa shape index (κ3) is 5.66. The maximum absolute atomic E-state index is 10.3. The number of nitrogens with zero attached hydrogens (tertiary/aromatic N) is 4. The van der Waals surface area contributed by atoms with Crippen molar-refractivity contribution in [3.63, 3.8) is 0 Å². The van der Waals surface area contributed by atoms with Crippen LogP contribution in [0.2, 0.25) is 0 Å². The summed E-state index contributed by atoms with van der Waals surface area (Å²) in [6.07, 6.45) is -0.499. The molecule has 1 atom stereocenters. The first-order valence-corrected chi connectivity index (χ1v) is 10.1. The maximum Gasteiger partial charge on any atom is 0.133 e. The molecular formula is C22H32N4O2. The van der Waals surface area contributed by atoms with Gasteiger partial charge in [-0.05, 0) is 31.5 Å². The molecule has 1 saturated heterocycles. The molecule has 1 fully saturated rings. The standard InChI is InChI=1S/C22H32N4O2/c1-16(2)22-23-18(4)13-21(24-22)26-10-8-25(9-11-26)14-19(27)15-28-20-7-5-6-17(3)12-20/h5-7,12-13,16,19,27H,8-11,14-15H2,1-4H3. The molecule has 0 saturated carbocycles. The van der Waals surface area contributed by atoms with Gasteiger partial charge in [-0.15, -0.1) is 0 Å². The number of aliphatic hydroxyl groups is 1. The number of anilines is 1. The zero-order valence-corrected chi connectivity index (χ0v) is 17.4. The van der Waals surface area contributed by atoms with Crippen LogP contribution < -0.4 is 9.64 Å². The number of rotatable bonds is 7. The Kier molecular flexibility index (Phi) is 6.86. The monoisotopic (exact) mass is 384 g/mol. The number of ether oxygens (including phenoxy) is 1. The van der Waals surface area contributed by atoms with Crippen molar-refractivity contribution in [3.05, 3.63) is 47.4 Å². The highest BCUT2D eigenvalue weighted by Crippen LogP contribution is 2.19. The number of aromatic nitrogens is 2. The Hall–Kier alpha value is -2.18. The van der Waals surface area contributed by atoms with Crippen LogP contribution in [0.1, 0.15) is 36.8 Å². The van der Waals surface area contributed by atoms with Crippen molar-refractivity contribution in [2.45, 2.75) is 39.7 Å². The average Bonchev–Trinajstić information content (AvgIpc) is 2.66. The first-order chi connectivity index (χ1) is 13.4. The maximum atomic E-state index is 10.3. The van der Waals surface area contributed by atoms with Crippen LogP contribution in [0.3, 0.4) is 0 Å². The molecular weight excluding hydrogens is 352 g/mol. The fourth-order valence-electron chi connectivity index (χ4n) is 3.40. The molecule has 0 spiro atoms. The summed E-state index contributed by atoms with van der Waals surface area (Å²) in [6.45, 7) is 12.9. The van der Waals surface area contributed by atoms with Crippen LogP contribution in [-0.2, 0) is 0 Å². The molecule has 1 aromatic heterocycles. The van der Waals surface area contributed by atoms with Gasteiger partial charge in [-0.1, -0.05) is 26.0 Å². The molecule has 0 bridgehead atoms. The van der Waals surface area contributed by atoms with E-state index in [1.807, 2.05) is 38.1 Å². The first kappa shape index (κ1) is 20.6.